The summed E-state index contributed by atoms with van der Waals surface area (Å²) in [5.74, 6) is 0.579. The van der Waals surface area contributed by atoms with Gasteiger partial charge < -0.3 is 9.47 Å². The first-order chi connectivity index (χ1) is 13.5. The van der Waals surface area contributed by atoms with Gasteiger partial charge in [-0.1, -0.05) is 36.5 Å². The van der Waals surface area contributed by atoms with E-state index in [-0.39, 0.29) is 17.7 Å². The molecule has 0 fully saturated rings. The Morgan fingerprint density at radius 1 is 1.14 bits per heavy atom. The number of hydrogen-bond acceptors (Lipinski definition) is 5. The third-order valence-electron chi connectivity index (χ3n) is 4.02. The maximum Gasteiger partial charge on any atom is 0.336 e. The summed E-state index contributed by atoms with van der Waals surface area (Å²) in [6, 6.07) is 11.8. The van der Waals surface area contributed by atoms with Crippen LogP contribution in [0, 0.1) is 0 Å². The van der Waals surface area contributed by atoms with Gasteiger partial charge in [0.05, 0.1) is 18.7 Å². The molecule has 0 atom stereocenters. The first kappa shape index (κ1) is 20.2. The molecule has 8 heteroatoms. The van der Waals surface area contributed by atoms with Gasteiger partial charge in [-0.05, 0) is 48.9 Å². The van der Waals surface area contributed by atoms with Crippen molar-refractivity contribution in [1.82, 2.24) is 14.8 Å². The predicted molar refractivity (Wildman–Crippen MR) is 109 cm³/mol. The summed E-state index contributed by atoms with van der Waals surface area (Å²) in [5, 5.41) is 5.10. The highest BCUT2D eigenvalue weighted by Crippen LogP contribution is 2.30. The standard InChI is InChI=1S/C20H19Cl2N3O3/c1-3-4-11-28-20-23-18(16-10-7-14(21)12-17(16)22)25(24-20)19(26)13-5-8-15(27-2)9-6-13/h5-10,12H,3-4,11H2,1-2H3. The molecule has 0 spiro atoms. The lowest BCUT2D eigenvalue weighted by Gasteiger charge is -2.07. The average Bonchev–Trinajstić information content (AvgIpc) is 3.11. The Kier molecular flexibility index (Phi) is 6.54. The Balaban J connectivity index is 2.02. The summed E-state index contributed by atoms with van der Waals surface area (Å²) >= 11 is 12.3. The fraction of sp³-hybridized carbons (Fsp3) is 0.250. The second kappa shape index (κ2) is 9.08. The summed E-state index contributed by atoms with van der Waals surface area (Å²) in [7, 11) is 1.56. The van der Waals surface area contributed by atoms with Crippen molar-refractivity contribution < 1.29 is 14.3 Å². The van der Waals surface area contributed by atoms with Gasteiger partial charge in [-0.25, -0.2) is 0 Å². The van der Waals surface area contributed by atoms with Gasteiger partial charge in [0.1, 0.15) is 5.75 Å². The summed E-state index contributed by atoms with van der Waals surface area (Å²) in [6.07, 6.45) is 1.83. The number of nitrogens with zero attached hydrogens (tertiary/aromatic N) is 3. The number of methoxy groups -OCH3 is 1. The molecule has 0 radical (unpaired) electrons. The molecule has 28 heavy (non-hydrogen) atoms. The Morgan fingerprint density at radius 2 is 1.89 bits per heavy atom. The lowest BCUT2D eigenvalue weighted by Crippen LogP contribution is -2.15. The van der Waals surface area contributed by atoms with Gasteiger partial charge in [-0.2, -0.15) is 9.67 Å². The first-order valence-corrected chi connectivity index (χ1v) is 9.53. The van der Waals surface area contributed by atoms with E-state index >= 15 is 0 Å². The highest BCUT2D eigenvalue weighted by Gasteiger charge is 2.22. The van der Waals surface area contributed by atoms with E-state index in [2.05, 4.69) is 17.0 Å². The summed E-state index contributed by atoms with van der Waals surface area (Å²) in [6.45, 7) is 2.52. The highest BCUT2D eigenvalue weighted by atomic mass is 35.5. The molecule has 0 saturated carbocycles. The molecule has 1 aromatic heterocycles. The third kappa shape index (κ3) is 4.46. The number of aromatic nitrogens is 3. The van der Waals surface area contributed by atoms with Crippen LogP contribution in [0.1, 0.15) is 30.1 Å². The van der Waals surface area contributed by atoms with Crippen LogP contribution in [0.5, 0.6) is 11.8 Å². The Morgan fingerprint density at radius 3 is 2.54 bits per heavy atom. The van der Waals surface area contributed by atoms with Crippen LogP contribution >= 0.6 is 23.2 Å². The Labute approximate surface area is 173 Å². The van der Waals surface area contributed by atoms with E-state index in [1.165, 1.54) is 4.68 Å². The zero-order valence-corrected chi connectivity index (χ0v) is 17.0. The smallest absolute Gasteiger partial charge is 0.336 e. The van der Waals surface area contributed by atoms with Crippen molar-refractivity contribution in [2.75, 3.05) is 13.7 Å². The minimum atomic E-state index is -0.360. The second-order valence-corrected chi connectivity index (χ2v) is 6.83. The number of rotatable bonds is 7. The summed E-state index contributed by atoms with van der Waals surface area (Å²) in [5.41, 5.74) is 0.961. The van der Waals surface area contributed by atoms with Crippen LogP contribution in [-0.4, -0.2) is 34.4 Å². The maximum atomic E-state index is 13.1. The molecule has 0 unspecified atom stereocenters. The number of carbonyl (C=O) groups is 1. The van der Waals surface area contributed by atoms with Crippen molar-refractivity contribution >= 4 is 29.1 Å². The zero-order valence-electron chi connectivity index (χ0n) is 15.5. The van der Waals surface area contributed by atoms with Crippen molar-refractivity contribution in [3.05, 3.63) is 58.1 Å². The van der Waals surface area contributed by atoms with Crippen LogP contribution in [0.15, 0.2) is 42.5 Å². The minimum absolute atomic E-state index is 0.122. The topological polar surface area (TPSA) is 66.2 Å². The molecular weight excluding hydrogens is 401 g/mol. The molecule has 0 amide bonds. The number of hydrogen-bond donors (Lipinski definition) is 0. The van der Waals surface area contributed by atoms with Crippen molar-refractivity contribution in [2.45, 2.75) is 19.8 Å². The Bertz CT molecular complexity index is 971. The third-order valence-corrected chi connectivity index (χ3v) is 4.57. The number of carbonyl (C=O) groups excluding carboxylic acids is 1. The largest absolute Gasteiger partial charge is 0.497 e. The molecule has 0 bridgehead atoms. The van der Waals surface area contributed by atoms with E-state index in [0.29, 0.717) is 33.5 Å². The van der Waals surface area contributed by atoms with Crippen LogP contribution in [0.4, 0.5) is 0 Å². The molecule has 3 aromatic rings. The maximum absolute atomic E-state index is 13.1. The van der Waals surface area contributed by atoms with Crippen LogP contribution in [-0.2, 0) is 0 Å². The van der Waals surface area contributed by atoms with Gasteiger partial charge in [0, 0.05) is 16.1 Å². The van der Waals surface area contributed by atoms with Gasteiger partial charge in [0.15, 0.2) is 5.82 Å². The number of unbranched alkanes of at least 4 members (excludes halogenated alkanes) is 1. The van der Waals surface area contributed by atoms with Gasteiger partial charge in [0.25, 0.3) is 5.91 Å². The molecule has 3 rings (SSSR count). The minimum Gasteiger partial charge on any atom is -0.497 e. The Hall–Kier alpha value is -2.57. The van der Waals surface area contributed by atoms with Crippen molar-refractivity contribution in [3.63, 3.8) is 0 Å². The molecule has 0 aliphatic rings. The first-order valence-electron chi connectivity index (χ1n) is 8.77. The molecule has 0 saturated heterocycles. The van der Waals surface area contributed by atoms with Gasteiger partial charge in [-0.15, -0.1) is 5.10 Å². The fourth-order valence-corrected chi connectivity index (χ4v) is 3.00. The van der Waals surface area contributed by atoms with E-state index in [9.17, 15) is 4.79 Å². The van der Waals surface area contributed by atoms with E-state index in [4.69, 9.17) is 32.7 Å². The van der Waals surface area contributed by atoms with Crippen LogP contribution in [0.25, 0.3) is 11.4 Å². The van der Waals surface area contributed by atoms with E-state index in [0.717, 1.165) is 12.8 Å². The quantitative estimate of drug-likeness (QED) is 0.496. The lowest BCUT2D eigenvalue weighted by atomic mass is 10.2. The number of ether oxygens (including phenoxy) is 2. The second-order valence-electron chi connectivity index (χ2n) is 5.99. The van der Waals surface area contributed by atoms with E-state index in [1.807, 2.05) is 0 Å². The average molecular weight is 420 g/mol. The number of halogens is 2. The summed E-state index contributed by atoms with van der Waals surface area (Å²) in [4.78, 5) is 17.4. The molecule has 0 N–H and O–H groups in total. The molecule has 6 nitrogen and oxygen atoms in total. The zero-order chi connectivity index (χ0) is 20.1. The van der Waals surface area contributed by atoms with Crippen molar-refractivity contribution in [3.8, 4) is 23.1 Å². The summed E-state index contributed by atoms with van der Waals surface area (Å²) < 4.78 is 11.9. The van der Waals surface area contributed by atoms with Gasteiger partial charge in [-0.3, -0.25) is 4.79 Å². The van der Waals surface area contributed by atoms with Gasteiger partial charge in [0.2, 0.25) is 0 Å². The van der Waals surface area contributed by atoms with E-state index in [1.54, 1.807) is 49.6 Å². The molecule has 0 aliphatic carbocycles. The normalized spacial score (nSPS) is 10.7. The van der Waals surface area contributed by atoms with E-state index < -0.39 is 0 Å². The number of benzene rings is 2. The molecular formula is C20H19Cl2N3O3. The SMILES string of the molecule is CCCCOc1nc(-c2ccc(Cl)cc2Cl)n(C(=O)c2ccc(OC)cc2)n1. The fourth-order valence-electron chi connectivity index (χ4n) is 2.50. The molecule has 0 aliphatic heterocycles. The van der Waals surface area contributed by atoms with Crippen molar-refractivity contribution in [1.29, 1.82) is 0 Å². The molecule has 146 valence electrons. The monoisotopic (exact) mass is 419 g/mol. The van der Waals surface area contributed by atoms with Crippen LogP contribution in [0.3, 0.4) is 0 Å². The van der Waals surface area contributed by atoms with Crippen molar-refractivity contribution in [2.24, 2.45) is 0 Å². The van der Waals surface area contributed by atoms with Crippen LogP contribution < -0.4 is 9.47 Å². The highest BCUT2D eigenvalue weighted by molar-refractivity contribution is 6.36. The predicted octanol–water partition coefficient (Wildman–Crippen LogP) is 5.13. The van der Waals surface area contributed by atoms with Gasteiger partial charge >= 0.3 is 6.01 Å². The van der Waals surface area contributed by atoms with Crippen LogP contribution in [0.2, 0.25) is 10.0 Å². The molecule has 1 heterocycles. The molecule has 2 aromatic carbocycles. The lowest BCUT2D eigenvalue weighted by molar-refractivity contribution is 0.0944.